The third kappa shape index (κ3) is 4.92. The quantitative estimate of drug-likeness (QED) is 0.696. The van der Waals surface area contributed by atoms with Crippen LogP contribution in [0.25, 0.3) is 0 Å². The van der Waals surface area contributed by atoms with Gasteiger partial charge in [-0.25, -0.2) is 4.98 Å². The molecule has 0 radical (unpaired) electrons. The third-order valence-corrected chi connectivity index (χ3v) is 5.78. The lowest BCUT2D eigenvalue weighted by Gasteiger charge is -2.37. The van der Waals surface area contributed by atoms with Gasteiger partial charge in [0.2, 0.25) is 17.7 Å². The highest BCUT2D eigenvalue weighted by molar-refractivity contribution is 5.78. The van der Waals surface area contributed by atoms with Crippen molar-refractivity contribution >= 4 is 17.7 Å². The minimum Gasteiger partial charge on any atom is -0.494 e. The maximum atomic E-state index is 13.2. The Labute approximate surface area is 187 Å². The molecule has 1 unspecified atom stereocenters. The van der Waals surface area contributed by atoms with Crippen LogP contribution in [0.3, 0.4) is 0 Å². The number of hydrogen-bond acceptors (Lipinski definition) is 5. The highest BCUT2D eigenvalue weighted by atomic mass is 16.5. The van der Waals surface area contributed by atoms with Crippen molar-refractivity contribution in [2.24, 2.45) is 0 Å². The minimum absolute atomic E-state index is 0.0128. The van der Waals surface area contributed by atoms with Crippen LogP contribution in [0.15, 0.2) is 30.6 Å². The first-order chi connectivity index (χ1) is 15.5. The van der Waals surface area contributed by atoms with E-state index in [9.17, 15) is 14.4 Å². The molecular formula is C23H29N5O4. The fraction of sp³-hybridized carbons (Fsp3) is 0.478. The molecule has 0 saturated carbocycles. The molecule has 32 heavy (non-hydrogen) atoms. The smallest absolute Gasteiger partial charge is 0.239 e. The van der Waals surface area contributed by atoms with Crippen molar-refractivity contribution < 1.29 is 19.1 Å². The zero-order valence-corrected chi connectivity index (χ0v) is 18.3. The van der Waals surface area contributed by atoms with E-state index in [1.54, 1.807) is 6.33 Å². The molecule has 0 spiro atoms. The number of fused-ring (bicyclic) bond motifs is 3. The Hall–Kier alpha value is -3.36. The van der Waals surface area contributed by atoms with Gasteiger partial charge in [0.05, 0.1) is 30.4 Å². The van der Waals surface area contributed by atoms with Crippen molar-refractivity contribution in [1.29, 1.82) is 0 Å². The van der Waals surface area contributed by atoms with Gasteiger partial charge in [-0.2, -0.15) is 0 Å². The number of nitrogens with zero attached hydrogens (tertiary/aromatic N) is 3. The van der Waals surface area contributed by atoms with Gasteiger partial charge < -0.3 is 24.8 Å². The first-order valence-electron chi connectivity index (χ1n) is 11.1. The van der Waals surface area contributed by atoms with Crippen molar-refractivity contribution in [1.82, 2.24) is 25.1 Å². The summed E-state index contributed by atoms with van der Waals surface area (Å²) < 4.78 is 7.74. The van der Waals surface area contributed by atoms with Gasteiger partial charge >= 0.3 is 0 Å². The fourth-order valence-corrected chi connectivity index (χ4v) is 4.30. The highest BCUT2D eigenvalue weighted by Crippen LogP contribution is 2.36. The van der Waals surface area contributed by atoms with Crippen molar-refractivity contribution in [3.8, 4) is 5.75 Å². The summed E-state index contributed by atoms with van der Waals surface area (Å²) in [5.41, 5.74) is 2.71. The maximum absolute atomic E-state index is 13.2. The molecule has 3 heterocycles. The normalized spacial score (nSPS) is 18.2. The molecule has 1 atom stereocenters. The minimum atomic E-state index is -0.355. The summed E-state index contributed by atoms with van der Waals surface area (Å²) in [7, 11) is 0. The molecule has 4 rings (SSSR count). The average molecular weight is 440 g/mol. The van der Waals surface area contributed by atoms with E-state index in [1.807, 2.05) is 33.7 Å². The average Bonchev–Trinajstić information content (AvgIpc) is 3.18. The summed E-state index contributed by atoms with van der Waals surface area (Å²) in [6, 6.07) is 7.44. The molecule has 0 aliphatic carbocycles. The number of nitrogens with one attached hydrogen (secondary N) is 2. The molecule has 1 aromatic carbocycles. The van der Waals surface area contributed by atoms with Gasteiger partial charge in [-0.3, -0.25) is 14.4 Å². The molecule has 3 amide bonds. The highest BCUT2D eigenvalue weighted by Gasteiger charge is 2.35. The summed E-state index contributed by atoms with van der Waals surface area (Å²) in [5.74, 6) is 0.561. The predicted molar refractivity (Wildman–Crippen MR) is 117 cm³/mol. The SMILES string of the molecule is CC(=O)NCCCC(=O)N1CCc2ncn3c2C1c1cccc(c1)OCCCNC(=O)C3. The van der Waals surface area contributed by atoms with Gasteiger partial charge in [-0.05, 0) is 30.5 Å². The summed E-state index contributed by atoms with van der Waals surface area (Å²) >= 11 is 0. The molecule has 2 aliphatic heterocycles. The van der Waals surface area contributed by atoms with Crippen LogP contribution in [0.5, 0.6) is 5.75 Å². The number of carbonyl (C=O) groups excluding carboxylic acids is 3. The second-order valence-corrected chi connectivity index (χ2v) is 8.16. The van der Waals surface area contributed by atoms with Gasteiger partial charge in [0.25, 0.3) is 0 Å². The van der Waals surface area contributed by atoms with Crippen LogP contribution in [-0.2, 0) is 27.3 Å². The number of amides is 3. The number of carbonyl (C=O) groups is 3. The van der Waals surface area contributed by atoms with Crippen molar-refractivity contribution in [2.75, 3.05) is 26.2 Å². The van der Waals surface area contributed by atoms with Crippen LogP contribution >= 0.6 is 0 Å². The van der Waals surface area contributed by atoms with Gasteiger partial charge in [0.1, 0.15) is 12.3 Å². The van der Waals surface area contributed by atoms with Crippen LogP contribution in [0.2, 0.25) is 0 Å². The van der Waals surface area contributed by atoms with Crippen LogP contribution in [0.1, 0.15) is 49.2 Å². The zero-order valence-electron chi connectivity index (χ0n) is 18.3. The van der Waals surface area contributed by atoms with E-state index in [2.05, 4.69) is 15.6 Å². The Morgan fingerprint density at radius 3 is 3.06 bits per heavy atom. The monoisotopic (exact) mass is 439 g/mol. The molecule has 9 nitrogen and oxygen atoms in total. The lowest BCUT2D eigenvalue weighted by atomic mass is 9.94. The van der Waals surface area contributed by atoms with E-state index in [1.165, 1.54) is 6.92 Å². The second-order valence-electron chi connectivity index (χ2n) is 8.16. The Morgan fingerprint density at radius 2 is 2.22 bits per heavy atom. The number of ether oxygens (including phenoxy) is 1. The van der Waals surface area contributed by atoms with E-state index in [4.69, 9.17) is 4.74 Å². The van der Waals surface area contributed by atoms with E-state index < -0.39 is 0 Å². The largest absolute Gasteiger partial charge is 0.494 e. The van der Waals surface area contributed by atoms with Crippen molar-refractivity contribution in [3.63, 3.8) is 0 Å². The van der Waals surface area contributed by atoms with Gasteiger partial charge in [-0.1, -0.05) is 12.1 Å². The predicted octanol–water partition coefficient (Wildman–Crippen LogP) is 1.17. The first kappa shape index (κ1) is 21.9. The number of hydrogen-bond donors (Lipinski definition) is 2. The molecule has 170 valence electrons. The molecule has 2 bridgehead atoms. The second kappa shape index (κ2) is 9.84. The van der Waals surface area contributed by atoms with Gasteiger partial charge in [-0.15, -0.1) is 0 Å². The molecule has 9 heteroatoms. The fourth-order valence-electron chi connectivity index (χ4n) is 4.30. The van der Waals surface area contributed by atoms with E-state index >= 15 is 0 Å². The Morgan fingerprint density at radius 1 is 1.34 bits per heavy atom. The Balaban J connectivity index is 1.68. The van der Waals surface area contributed by atoms with Crippen molar-refractivity contribution in [2.45, 2.75) is 45.2 Å². The lowest BCUT2D eigenvalue weighted by molar-refractivity contribution is -0.133. The maximum Gasteiger partial charge on any atom is 0.239 e. The van der Waals surface area contributed by atoms with Crippen LogP contribution in [0.4, 0.5) is 0 Å². The van der Waals surface area contributed by atoms with E-state index in [-0.39, 0.29) is 30.3 Å². The third-order valence-electron chi connectivity index (χ3n) is 5.78. The summed E-state index contributed by atoms with van der Waals surface area (Å²) in [5, 5.41) is 5.66. The number of aromatic nitrogens is 2. The molecule has 2 aliphatic rings. The molecular weight excluding hydrogens is 410 g/mol. The summed E-state index contributed by atoms with van der Waals surface area (Å²) in [6.45, 7) is 3.67. The Bertz CT molecular complexity index is 1000. The number of benzene rings is 1. The van der Waals surface area contributed by atoms with Crippen LogP contribution in [-0.4, -0.2) is 58.4 Å². The molecule has 0 saturated heterocycles. The Kier molecular flexibility index (Phi) is 6.72. The zero-order chi connectivity index (χ0) is 22.5. The molecule has 2 aromatic rings. The summed E-state index contributed by atoms with van der Waals surface area (Å²) in [6.07, 6.45) is 3.94. The van der Waals surface area contributed by atoms with Crippen LogP contribution in [0, 0.1) is 0 Å². The lowest BCUT2D eigenvalue weighted by Crippen LogP contribution is -2.42. The molecule has 1 aromatic heterocycles. The van der Waals surface area contributed by atoms with Gasteiger partial charge in [0, 0.05) is 39.4 Å². The van der Waals surface area contributed by atoms with E-state index in [0.717, 1.165) is 22.7 Å². The molecule has 0 fully saturated rings. The topological polar surface area (TPSA) is 106 Å². The number of imidazole rings is 1. The number of rotatable bonds is 4. The van der Waals surface area contributed by atoms with Crippen LogP contribution < -0.4 is 15.4 Å². The summed E-state index contributed by atoms with van der Waals surface area (Å²) in [4.78, 5) is 43.3. The first-order valence-corrected chi connectivity index (χ1v) is 11.1. The molecule has 2 N–H and O–H groups in total. The van der Waals surface area contributed by atoms with E-state index in [0.29, 0.717) is 51.9 Å². The standard InChI is InChI=1S/C23H29N5O4/c1-16(29)24-9-3-7-21(31)28-11-8-19-23-22(28)17-5-2-6-18(13-17)32-12-4-10-25-20(30)14-27(23)15-26-19/h2,5-6,13,15,22H,3-4,7-12,14H2,1H3,(H,24,29)(H,25,30). The van der Waals surface area contributed by atoms with Crippen molar-refractivity contribution in [3.05, 3.63) is 47.5 Å². The van der Waals surface area contributed by atoms with Gasteiger partial charge in [0.15, 0.2) is 0 Å².